The molecule has 0 aromatic carbocycles. The highest BCUT2D eigenvalue weighted by molar-refractivity contribution is 5.78. The van der Waals surface area contributed by atoms with Crippen molar-refractivity contribution < 1.29 is 9.18 Å². The Morgan fingerprint density at radius 2 is 1.88 bits per heavy atom. The van der Waals surface area contributed by atoms with Crippen LogP contribution < -0.4 is 26.6 Å². The van der Waals surface area contributed by atoms with Crippen LogP contribution in [0.25, 0.3) is 0 Å². The summed E-state index contributed by atoms with van der Waals surface area (Å²) in [6, 6.07) is 0.900. The molecule has 0 spiro atoms. The van der Waals surface area contributed by atoms with E-state index in [1.54, 1.807) is 0 Å². The van der Waals surface area contributed by atoms with Gasteiger partial charge in [0, 0.05) is 31.1 Å². The van der Waals surface area contributed by atoms with Crippen LogP contribution in [0.5, 0.6) is 0 Å². The molecule has 1 aliphatic heterocycles. The van der Waals surface area contributed by atoms with Crippen molar-refractivity contribution in [1.82, 2.24) is 26.6 Å². The fraction of sp³-hybridized carbons (Fsp3) is 0.880. The summed E-state index contributed by atoms with van der Waals surface area (Å²) in [6.07, 6.45) is 15.0. The van der Waals surface area contributed by atoms with Crippen molar-refractivity contribution in [3.63, 3.8) is 0 Å². The number of halogens is 1. The SMILES string of the molecule is CC1C=CCC(NC2NCCC(NC3CCCC(C(=O)NCC4CCC(F)CC4)C3)N2)C1. The smallest absolute Gasteiger partial charge is 0.223 e. The van der Waals surface area contributed by atoms with Crippen molar-refractivity contribution in [1.29, 1.82) is 0 Å². The van der Waals surface area contributed by atoms with Crippen LogP contribution in [0.4, 0.5) is 4.39 Å². The fourth-order valence-corrected chi connectivity index (χ4v) is 6.00. The first-order valence-electron chi connectivity index (χ1n) is 13.1. The highest BCUT2D eigenvalue weighted by Crippen LogP contribution is 2.27. The number of nitrogens with one attached hydrogen (secondary N) is 5. The summed E-state index contributed by atoms with van der Waals surface area (Å²) >= 11 is 0. The van der Waals surface area contributed by atoms with Crippen LogP contribution in [0, 0.1) is 17.8 Å². The number of rotatable bonds is 7. The molecule has 1 amide bonds. The third kappa shape index (κ3) is 7.24. The standard InChI is InChI=1S/C25H44FN5O/c1-17-4-2-6-21(14-17)30-25-27-13-12-23(31-25)29-22-7-3-5-19(15-22)24(32)28-16-18-8-10-20(26)11-9-18/h2,4,17-23,25,27,29-31H,3,5-16H2,1H3,(H,28,32). The van der Waals surface area contributed by atoms with E-state index in [1.807, 2.05) is 0 Å². The molecular weight excluding hydrogens is 405 g/mol. The van der Waals surface area contributed by atoms with Crippen LogP contribution >= 0.6 is 0 Å². The normalized spacial score (nSPS) is 40.7. The summed E-state index contributed by atoms with van der Waals surface area (Å²) in [7, 11) is 0. The van der Waals surface area contributed by atoms with Crippen molar-refractivity contribution in [3.05, 3.63) is 12.2 Å². The van der Waals surface area contributed by atoms with E-state index in [2.05, 4.69) is 45.7 Å². The quantitative estimate of drug-likeness (QED) is 0.387. The predicted octanol–water partition coefficient (Wildman–Crippen LogP) is 2.92. The lowest BCUT2D eigenvalue weighted by Crippen LogP contribution is -2.66. The minimum atomic E-state index is -0.631. The molecule has 4 aliphatic rings. The number of hydrogen-bond donors (Lipinski definition) is 5. The Morgan fingerprint density at radius 1 is 1.03 bits per heavy atom. The monoisotopic (exact) mass is 449 g/mol. The highest BCUT2D eigenvalue weighted by atomic mass is 19.1. The molecule has 1 saturated heterocycles. The topological polar surface area (TPSA) is 77.2 Å². The average Bonchev–Trinajstić information content (AvgIpc) is 2.79. The summed E-state index contributed by atoms with van der Waals surface area (Å²) in [5.74, 6) is 1.40. The van der Waals surface area contributed by atoms with Gasteiger partial charge in [-0.2, -0.15) is 0 Å². The molecule has 0 aromatic heterocycles. The Morgan fingerprint density at radius 3 is 2.69 bits per heavy atom. The van der Waals surface area contributed by atoms with Crippen LogP contribution in [0.1, 0.15) is 77.6 Å². The van der Waals surface area contributed by atoms with Crippen LogP contribution in [0.3, 0.4) is 0 Å². The minimum absolute atomic E-state index is 0.102. The second kappa shape index (κ2) is 11.9. The maximum absolute atomic E-state index is 13.3. The maximum atomic E-state index is 13.3. The van der Waals surface area contributed by atoms with Gasteiger partial charge in [0.05, 0.1) is 6.17 Å². The first-order chi connectivity index (χ1) is 15.5. The number of amides is 1. The van der Waals surface area contributed by atoms with Crippen LogP contribution in [0.2, 0.25) is 0 Å². The van der Waals surface area contributed by atoms with Gasteiger partial charge in [-0.3, -0.25) is 26.1 Å². The molecular formula is C25H44FN5O. The van der Waals surface area contributed by atoms with Gasteiger partial charge in [0.15, 0.2) is 0 Å². The van der Waals surface area contributed by atoms with Crippen molar-refractivity contribution >= 4 is 5.91 Å². The number of carbonyl (C=O) groups excluding carboxylic acids is 1. The summed E-state index contributed by atoms with van der Waals surface area (Å²) in [6.45, 7) is 3.98. The molecule has 3 aliphatic carbocycles. The molecule has 6 unspecified atom stereocenters. The zero-order valence-corrected chi connectivity index (χ0v) is 19.8. The van der Waals surface area contributed by atoms with E-state index in [0.29, 0.717) is 36.8 Å². The molecule has 0 aromatic rings. The lowest BCUT2D eigenvalue weighted by molar-refractivity contribution is -0.126. The van der Waals surface area contributed by atoms with Crippen LogP contribution in [-0.4, -0.2) is 49.7 Å². The second-order valence-electron chi connectivity index (χ2n) is 10.7. The highest BCUT2D eigenvalue weighted by Gasteiger charge is 2.31. The van der Waals surface area contributed by atoms with E-state index in [4.69, 9.17) is 0 Å². The molecule has 32 heavy (non-hydrogen) atoms. The summed E-state index contributed by atoms with van der Waals surface area (Å²) in [5.41, 5.74) is 0. The lowest BCUT2D eigenvalue weighted by Gasteiger charge is -2.39. The van der Waals surface area contributed by atoms with Gasteiger partial charge in [0.2, 0.25) is 5.91 Å². The molecule has 2 saturated carbocycles. The van der Waals surface area contributed by atoms with Crippen LogP contribution in [-0.2, 0) is 4.79 Å². The number of hydrogen-bond acceptors (Lipinski definition) is 5. The zero-order chi connectivity index (χ0) is 22.3. The first-order valence-corrected chi connectivity index (χ1v) is 13.1. The molecule has 1 heterocycles. The molecule has 0 bridgehead atoms. The van der Waals surface area contributed by atoms with Gasteiger partial charge in [-0.15, -0.1) is 0 Å². The van der Waals surface area contributed by atoms with Gasteiger partial charge < -0.3 is 5.32 Å². The molecule has 6 atom stereocenters. The Labute approximate surface area is 193 Å². The van der Waals surface area contributed by atoms with Crippen molar-refractivity contribution in [3.8, 4) is 0 Å². The van der Waals surface area contributed by atoms with Gasteiger partial charge in [0.1, 0.15) is 12.5 Å². The van der Waals surface area contributed by atoms with Crippen molar-refractivity contribution in [2.45, 2.75) is 108 Å². The Kier molecular flexibility index (Phi) is 8.98. The Bertz CT molecular complexity index is 623. The molecule has 5 N–H and O–H groups in total. The van der Waals surface area contributed by atoms with E-state index >= 15 is 0 Å². The van der Waals surface area contributed by atoms with Gasteiger partial charge in [-0.05, 0) is 76.0 Å². The summed E-state index contributed by atoms with van der Waals surface area (Å²) < 4.78 is 13.3. The van der Waals surface area contributed by atoms with E-state index in [9.17, 15) is 9.18 Å². The number of carbonyl (C=O) groups is 1. The molecule has 7 heteroatoms. The Balaban J connectivity index is 1.18. The van der Waals surface area contributed by atoms with E-state index in [-0.39, 0.29) is 24.3 Å². The van der Waals surface area contributed by atoms with Crippen LogP contribution in [0.15, 0.2) is 12.2 Å². The predicted molar refractivity (Wildman–Crippen MR) is 127 cm³/mol. The molecule has 6 nitrogen and oxygen atoms in total. The molecule has 4 rings (SSSR count). The molecule has 3 fully saturated rings. The van der Waals surface area contributed by atoms with E-state index < -0.39 is 6.17 Å². The van der Waals surface area contributed by atoms with Crippen molar-refractivity contribution in [2.75, 3.05) is 13.1 Å². The lowest BCUT2D eigenvalue weighted by atomic mass is 9.84. The average molecular weight is 450 g/mol. The number of allylic oxidation sites excluding steroid dienone is 1. The number of alkyl halides is 1. The van der Waals surface area contributed by atoms with Crippen molar-refractivity contribution in [2.24, 2.45) is 17.8 Å². The van der Waals surface area contributed by atoms with Gasteiger partial charge in [0.25, 0.3) is 0 Å². The first kappa shape index (κ1) is 24.1. The third-order valence-electron chi connectivity index (χ3n) is 7.92. The van der Waals surface area contributed by atoms with E-state index in [0.717, 1.165) is 64.5 Å². The largest absolute Gasteiger partial charge is 0.356 e. The maximum Gasteiger partial charge on any atom is 0.223 e. The second-order valence-corrected chi connectivity index (χ2v) is 10.7. The Hall–Kier alpha value is -1.02. The third-order valence-corrected chi connectivity index (χ3v) is 7.92. The van der Waals surface area contributed by atoms with Gasteiger partial charge in [-0.1, -0.05) is 25.5 Å². The minimum Gasteiger partial charge on any atom is -0.356 e. The van der Waals surface area contributed by atoms with Gasteiger partial charge in [-0.25, -0.2) is 4.39 Å². The molecule has 182 valence electrons. The summed E-state index contributed by atoms with van der Waals surface area (Å²) in [5, 5.41) is 18.0. The zero-order valence-electron chi connectivity index (χ0n) is 19.8. The fourth-order valence-electron chi connectivity index (χ4n) is 6.00. The van der Waals surface area contributed by atoms with Gasteiger partial charge >= 0.3 is 0 Å². The molecule has 0 radical (unpaired) electrons. The van der Waals surface area contributed by atoms with E-state index in [1.165, 1.54) is 6.42 Å². The summed E-state index contributed by atoms with van der Waals surface area (Å²) in [4.78, 5) is 12.8.